The van der Waals surface area contributed by atoms with Gasteiger partial charge in [0.25, 0.3) is 0 Å². The number of sulfonamides is 1. The Hall–Kier alpha value is -1.67. The Balaban J connectivity index is 0.00000243. The van der Waals surface area contributed by atoms with Gasteiger partial charge in [-0.15, -0.1) is 12.4 Å². The molecule has 1 unspecified atom stereocenters. The first-order valence-electron chi connectivity index (χ1n) is 8.15. The highest BCUT2D eigenvalue weighted by molar-refractivity contribution is 7.89. The molecule has 2 aromatic carbocycles. The van der Waals surface area contributed by atoms with Gasteiger partial charge in [0.1, 0.15) is 5.82 Å². The molecule has 2 aromatic rings. The number of nitrogens with zero attached hydrogens (tertiary/aromatic N) is 2. The standard InChI is InChI=1S/C18H22FN3O2S.ClH/c1-21(2)16-6-8-17(9-7-16)25(23,24)22-11-10-20-13-18(22)14-4-3-5-15(19)12-14;/h3-9,12,18,20H,10-11,13H2,1-2H3;1H. The zero-order valence-electron chi connectivity index (χ0n) is 14.7. The molecule has 0 aromatic heterocycles. The van der Waals surface area contributed by atoms with E-state index in [9.17, 15) is 12.8 Å². The second-order valence-electron chi connectivity index (χ2n) is 6.28. The molecule has 0 amide bonds. The van der Waals surface area contributed by atoms with Gasteiger partial charge in [0, 0.05) is 39.4 Å². The van der Waals surface area contributed by atoms with Crippen molar-refractivity contribution in [2.75, 3.05) is 38.6 Å². The van der Waals surface area contributed by atoms with Crippen molar-refractivity contribution in [2.24, 2.45) is 0 Å². The van der Waals surface area contributed by atoms with E-state index in [2.05, 4.69) is 5.32 Å². The summed E-state index contributed by atoms with van der Waals surface area (Å²) < 4.78 is 41.3. The molecule has 8 heteroatoms. The summed E-state index contributed by atoms with van der Waals surface area (Å²) in [6, 6.07) is 12.5. The van der Waals surface area contributed by atoms with E-state index < -0.39 is 16.1 Å². The van der Waals surface area contributed by atoms with E-state index >= 15 is 0 Å². The summed E-state index contributed by atoms with van der Waals surface area (Å²) in [4.78, 5) is 2.16. The van der Waals surface area contributed by atoms with Crippen LogP contribution in [0, 0.1) is 5.82 Å². The lowest BCUT2D eigenvalue weighted by molar-refractivity contribution is 0.271. The molecule has 0 bridgehead atoms. The van der Waals surface area contributed by atoms with Crippen LogP contribution in [0.4, 0.5) is 10.1 Å². The molecule has 1 N–H and O–H groups in total. The van der Waals surface area contributed by atoms with Crippen LogP contribution in [0.2, 0.25) is 0 Å². The highest BCUT2D eigenvalue weighted by Gasteiger charge is 2.34. The van der Waals surface area contributed by atoms with E-state index in [1.54, 1.807) is 36.4 Å². The predicted octanol–water partition coefficient (Wildman–Crippen LogP) is 2.65. The molecule has 1 heterocycles. The highest BCUT2D eigenvalue weighted by Crippen LogP contribution is 2.29. The van der Waals surface area contributed by atoms with Gasteiger partial charge in [-0.2, -0.15) is 4.31 Å². The van der Waals surface area contributed by atoms with Crippen LogP contribution < -0.4 is 10.2 Å². The summed E-state index contributed by atoms with van der Waals surface area (Å²) in [6.45, 7) is 1.37. The maximum Gasteiger partial charge on any atom is 0.243 e. The Morgan fingerprint density at radius 3 is 2.46 bits per heavy atom. The SMILES string of the molecule is CN(C)c1ccc(S(=O)(=O)N2CCNCC2c2cccc(F)c2)cc1.Cl. The fourth-order valence-electron chi connectivity index (χ4n) is 3.02. The van der Waals surface area contributed by atoms with Gasteiger partial charge in [0.15, 0.2) is 0 Å². The summed E-state index contributed by atoms with van der Waals surface area (Å²) in [5.41, 5.74) is 1.58. The molecule has 0 spiro atoms. The largest absolute Gasteiger partial charge is 0.378 e. The number of hydrogen-bond donors (Lipinski definition) is 1. The number of benzene rings is 2. The van der Waals surface area contributed by atoms with Crippen molar-refractivity contribution in [1.82, 2.24) is 9.62 Å². The molecule has 142 valence electrons. The van der Waals surface area contributed by atoms with Gasteiger partial charge in [-0.25, -0.2) is 12.8 Å². The molecule has 1 saturated heterocycles. The lowest BCUT2D eigenvalue weighted by atomic mass is 10.1. The van der Waals surface area contributed by atoms with Crippen molar-refractivity contribution in [3.8, 4) is 0 Å². The number of rotatable bonds is 4. The van der Waals surface area contributed by atoms with Gasteiger partial charge >= 0.3 is 0 Å². The van der Waals surface area contributed by atoms with Gasteiger partial charge in [0.05, 0.1) is 10.9 Å². The molecule has 5 nitrogen and oxygen atoms in total. The predicted molar refractivity (Wildman–Crippen MR) is 104 cm³/mol. The van der Waals surface area contributed by atoms with Crippen molar-refractivity contribution in [3.63, 3.8) is 0 Å². The van der Waals surface area contributed by atoms with Crippen molar-refractivity contribution in [2.45, 2.75) is 10.9 Å². The quantitative estimate of drug-likeness (QED) is 0.858. The van der Waals surface area contributed by atoms with Crippen LogP contribution in [0.25, 0.3) is 0 Å². The van der Waals surface area contributed by atoms with Gasteiger partial charge in [0.2, 0.25) is 10.0 Å². The Morgan fingerprint density at radius 1 is 1.15 bits per heavy atom. The molecule has 0 radical (unpaired) electrons. The number of hydrogen-bond acceptors (Lipinski definition) is 4. The lowest BCUT2D eigenvalue weighted by Crippen LogP contribution is -2.48. The molecular weight excluding hydrogens is 377 g/mol. The number of piperazine rings is 1. The molecule has 1 fully saturated rings. The minimum atomic E-state index is -3.66. The Morgan fingerprint density at radius 2 is 1.85 bits per heavy atom. The van der Waals surface area contributed by atoms with Gasteiger partial charge in [-0.1, -0.05) is 12.1 Å². The number of halogens is 2. The van der Waals surface area contributed by atoms with Crippen LogP contribution in [0.15, 0.2) is 53.4 Å². The van der Waals surface area contributed by atoms with E-state index in [-0.39, 0.29) is 23.1 Å². The van der Waals surface area contributed by atoms with Crippen LogP contribution in [0.5, 0.6) is 0 Å². The van der Waals surface area contributed by atoms with E-state index in [4.69, 9.17) is 0 Å². The highest BCUT2D eigenvalue weighted by atomic mass is 35.5. The first-order chi connectivity index (χ1) is 11.9. The summed E-state index contributed by atoms with van der Waals surface area (Å²) in [5.74, 6) is -0.365. The van der Waals surface area contributed by atoms with E-state index in [1.807, 2.05) is 19.0 Å². The Kier molecular flexibility index (Phi) is 6.63. The summed E-state index contributed by atoms with van der Waals surface area (Å²) >= 11 is 0. The Bertz CT molecular complexity index is 844. The van der Waals surface area contributed by atoms with Crippen molar-refractivity contribution < 1.29 is 12.8 Å². The van der Waals surface area contributed by atoms with E-state index in [0.717, 1.165) is 5.69 Å². The minimum Gasteiger partial charge on any atom is -0.378 e. The smallest absolute Gasteiger partial charge is 0.243 e. The average Bonchev–Trinajstić information content (AvgIpc) is 2.62. The molecule has 0 saturated carbocycles. The van der Waals surface area contributed by atoms with Crippen molar-refractivity contribution in [1.29, 1.82) is 0 Å². The molecule has 0 aliphatic carbocycles. The third-order valence-corrected chi connectivity index (χ3v) is 6.31. The number of anilines is 1. The monoisotopic (exact) mass is 399 g/mol. The zero-order valence-corrected chi connectivity index (χ0v) is 16.4. The third kappa shape index (κ3) is 4.17. The zero-order chi connectivity index (χ0) is 18.0. The molecule has 1 atom stereocenters. The maximum atomic E-state index is 13.6. The molecule has 26 heavy (non-hydrogen) atoms. The van der Waals surface area contributed by atoms with Crippen molar-refractivity contribution >= 4 is 28.1 Å². The lowest BCUT2D eigenvalue weighted by Gasteiger charge is -2.35. The van der Waals surface area contributed by atoms with Gasteiger partial charge in [-0.05, 0) is 42.0 Å². The Labute approximate surface area is 160 Å². The topological polar surface area (TPSA) is 52.7 Å². The summed E-state index contributed by atoms with van der Waals surface area (Å²) in [7, 11) is 0.143. The second-order valence-corrected chi connectivity index (χ2v) is 8.17. The molecule has 1 aliphatic heterocycles. The fraction of sp³-hybridized carbons (Fsp3) is 0.333. The van der Waals surface area contributed by atoms with Crippen LogP contribution >= 0.6 is 12.4 Å². The summed E-state index contributed by atoms with van der Waals surface area (Å²) in [6.07, 6.45) is 0. The van der Waals surface area contributed by atoms with Crippen LogP contribution in [0.3, 0.4) is 0 Å². The third-order valence-electron chi connectivity index (χ3n) is 4.39. The second kappa shape index (κ2) is 8.35. The van der Waals surface area contributed by atoms with Crippen LogP contribution in [0.1, 0.15) is 11.6 Å². The first kappa shape index (κ1) is 20.6. The number of nitrogens with one attached hydrogen (secondary N) is 1. The normalized spacial score (nSPS) is 18.2. The average molecular weight is 400 g/mol. The minimum absolute atomic E-state index is 0. The fourth-order valence-corrected chi connectivity index (χ4v) is 4.64. The molecule has 3 rings (SSSR count). The molecule has 1 aliphatic rings. The first-order valence-corrected chi connectivity index (χ1v) is 9.59. The van der Waals surface area contributed by atoms with Crippen molar-refractivity contribution in [3.05, 3.63) is 59.9 Å². The van der Waals surface area contributed by atoms with Gasteiger partial charge < -0.3 is 10.2 Å². The van der Waals surface area contributed by atoms with Gasteiger partial charge in [-0.3, -0.25) is 0 Å². The van der Waals surface area contributed by atoms with Crippen LogP contribution in [-0.4, -0.2) is 46.5 Å². The van der Waals surface area contributed by atoms with Crippen LogP contribution in [-0.2, 0) is 10.0 Å². The molecular formula is C18H23ClFN3O2S. The van der Waals surface area contributed by atoms with E-state index in [1.165, 1.54) is 16.4 Å². The summed E-state index contributed by atoms with van der Waals surface area (Å²) in [5, 5.41) is 3.20. The maximum absolute atomic E-state index is 13.6. The van der Waals surface area contributed by atoms with E-state index in [0.29, 0.717) is 25.2 Å².